The van der Waals surface area contributed by atoms with Crippen LogP contribution >= 0.6 is 0 Å². The predicted molar refractivity (Wildman–Crippen MR) is 101 cm³/mol. The van der Waals surface area contributed by atoms with E-state index in [-0.39, 0.29) is 0 Å². The van der Waals surface area contributed by atoms with Crippen molar-refractivity contribution in [1.29, 1.82) is 0 Å². The summed E-state index contributed by atoms with van der Waals surface area (Å²) < 4.78 is 0. The molecule has 2 rings (SSSR count). The van der Waals surface area contributed by atoms with E-state index in [1.807, 2.05) is 18.3 Å². The molecule has 0 fully saturated rings. The highest BCUT2D eigenvalue weighted by Crippen LogP contribution is 2.23. The molecule has 0 aliphatic heterocycles. The maximum Gasteiger partial charge on any atom is 0.0701 e. The number of nitrogens with zero attached hydrogens (tertiary/aromatic N) is 1. The molecule has 1 atom stereocenters. The topological polar surface area (TPSA) is 12.9 Å². The van der Waals surface area contributed by atoms with Crippen molar-refractivity contribution in [3.8, 4) is 11.3 Å². The van der Waals surface area contributed by atoms with Crippen LogP contribution in [0.4, 0.5) is 0 Å². The molecule has 0 saturated carbocycles. The quantitative estimate of drug-likeness (QED) is 0.446. The summed E-state index contributed by atoms with van der Waals surface area (Å²) >= 11 is 0. The lowest BCUT2D eigenvalue weighted by Gasteiger charge is -2.17. The molecule has 1 aromatic carbocycles. The van der Waals surface area contributed by atoms with Crippen molar-refractivity contribution in [3.05, 3.63) is 54.2 Å². The van der Waals surface area contributed by atoms with Crippen LogP contribution in [0.3, 0.4) is 0 Å². The first-order chi connectivity index (χ1) is 11.3. The largest absolute Gasteiger partial charge is 0.256 e. The Morgan fingerprint density at radius 2 is 1.57 bits per heavy atom. The van der Waals surface area contributed by atoms with Crippen LogP contribution in [0.5, 0.6) is 0 Å². The maximum atomic E-state index is 4.43. The second-order valence-corrected chi connectivity index (χ2v) is 6.62. The fourth-order valence-electron chi connectivity index (χ4n) is 3.20. The lowest BCUT2D eigenvalue weighted by Crippen LogP contribution is -2.05. The Labute approximate surface area is 142 Å². The van der Waals surface area contributed by atoms with Gasteiger partial charge in [0, 0.05) is 11.8 Å². The molecule has 1 heteroatoms. The van der Waals surface area contributed by atoms with Gasteiger partial charge in [-0.25, -0.2) is 0 Å². The van der Waals surface area contributed by atoms with Crippen LogP contribution in [0, 0.1) is 5.92 Å². The molecule has 0 bridgehead atoms. The monoisotopic (exact) mass is 309 g/mol. The first kappa shape index (κ1) is 17.7. The molecule has 23 heavy (non-hydrogen) atoms. The lowest BCUT2D eigenvalue weighted by atomic mass is 9.89. The van der Waals surface area contributed by atoms with Crippen molar-refractivity contribution < 1.29 is 0 Å². The first-order valence-electron chi connectivity index (χ1n) is 9.33. The highest BCUT2D eigenvalue weighted by atomic mass is 14.7. The van der Waals surface area contributed by atoms with E-state index in [9.17, 15) is 0 Å². The van der Waals surface area contributed by atoms with Crippen LogP contribution < -0.4 is 0 Å². The van der Waals surface area contributed by atoms with Gasteiger partial charge in [0.05, 0.1) is 5.69 Å². The third-order valence-electron chi connectivity index (χ3n) is 4.62. The van der Waals surface area contributed by atoms with Crippen molar-refractivity contribution in [2.75, 3.05) is 0 Å². The summed E-state index contributed by atoms with van der Waals surface area (Å²) in [5.74, 6) is 0.849. The molecule has 0 radical (unpaired) electrons. The number of aromatic nitrogens is 1. The van der Waals surface area contributed by atoms with Gasteiger partial charge in [0.1, 0.15) is 0 Å². The van der Waals surface area contributed by atoms with E-state index in [1.54, 1.807) is 0 Å². The van der Waals surface area contributed by atoms with Crippen LogP contribution in [-0.2, 0) is 6.42 Å². The minimum atomic E-state index is 0.849. The van der Waals surface area contributed by atoms with E-state index in [4.69, 9.17) is 0 Å². The first-order valence-corrected chi connectivity index (χ1v) is 9.33. The highest BCUT2D eigenvalue weighted by molar-refractivity contribution is 5.58. The third-order valence-corrected chi connectivity index (χ3v) is 4.62. The molecule has 1 heterocycles. The fraction of sp³-hybridized carbons (Fsp3) is 0.500. The molecule has 0 spiro atoms. The minimum Gasteiger partial charge on any atom is -0.256 e. The summed E-state index contributed by atoms with van der Waals surface area (Å²) in [7, 11) is 0. The zero-order valence-corrected chi connectivity index (χ0v) is 14.8. The Morgan fingerprint density at radius 3 is 2.22 bits per heavy atom. The number of hydrogen-bond acceptors (Lipinski definition) is 1. The maximum absolute atomic E-state index is 4.43. The Kier molecular flexibility index (Phi) is 7.86. The zero-order valence-electron chi connectivity index (χ0n) is 14.8. The molecule has 1 nitrogen and oxygen atoms in total. The van der Waals surface area contributed by atoms with Gasteiger partial charge >= 0.3 is 0 Å². The van der Waals surface area contributed by atoms with Crippen LogP contribution in [-0.4, -0.2) is 4.98 Å². The summed E-state index contributed by atoms with van der Waals surface area (Å²) in [4.78, 5) is 4.43. The highest BCUT2D eigenvalue weighted by Gasteiger charge is 2.09. The van der Waals surface area contributed by atoms with E-state index in [0.29, 0.717) is 0 Å². The molecule has 0 saturated heterocycles. The Balaban J connectivity index is 1.96. The van der Waals surface area contributed by atoms with E-state index in [1.165, 1.54) is 62.5 Å². The van der Waals surface area contributed by atoms with Gasteiger partial charge < -0.3 is 0 Å². The van der Waals surface area contributed by atoms with Crippen molar-refractivity contribution in [1.82, 2.24) is 4.98 Å². The molecule has 2 aromatic rings. The van der Waals surface area contributed by atoms with Crippen molar-refractivity contribution in [2.24, 2.45) is 5.92 Å². The van der Waals surface area contributed by atoms with Crippen LogP contribution in [0.15, 0.2) is 48.7 Å². The smallest absolute Gasteiger partial charge is 0.0701 e. The van der Waals surface area contributed by atoms with Gasteiger partial charge in [-0.3, -0.25) is 4.98 Å². The van der Waals surface area contributed by atoms with Gasteiger partial charge in [-0.15, -0.1) is 0 Å². The summed E-state index contributed by atoms with van der Waals surface area (Å²) in [6, 6.07) is 15.1. The Morgan fingerprint density at radius 1 is 0.826 bits per heavy atom. The standard InChI is InChI=1S/C22H31N/c1-3-5-7-11-19(10-6-4-2)18-20-13-15-21(16-14-20)22-12-8-9-17-23-22/h8-9,12-17,19H,3-7,10-11,18H2,1-2H3. The number of benzene rings is 1. The molecular formula is C22H31N. The molecule has 0 aliphatic rings. The van der Waals surface area contributed by atoms with Gasteiger partial charge in [0.2, 0.25) is 0 Å². The Bertz CT molecular complexity index is 530. The normalized spacial score (nSPS) is 12.3. The average molecular weight is 309 g/mol. The number of pyridine rings is 1. The van der Waals surface area contributed by atoms with Gasteiger partial charge in [0.15, 0.2) is 0 Å². The van der Waals surface area contributed by atoms with Gasteiger partial charge in [0.25, 0.3) is 0 Å². The molecule has 0 amide bonds. The summed E-state index contributed by atoms with van der Waals surface area (Å²) in [5.41, 5.74) is 3.75. The lowest BCUT2D eigenvalue weighted by molar-refractivity contribution is 0.412. The third kappa shape index (κ3) is 6.17. The molecule has 0 N–H and O–H groups in total. The van der Waals surface area contributed by atoms with Crippen molar-refractivity contribution >= 4 is 0 Å². The summed E-state index contributed by atoms with van der Waals surface area (Å²) in [6.45, 7) is 4.59. The van der Waals surface area contributed by atoms with E-state index < -0.39 is 0 Å². The minimum absolute atomic E-state index is 0.849. The van der Waals surface area contributed by atoms with Gasteiger partial charge in [-0.05, 0) is 30.0 Å². The summed E-state index contributed by atoms with van der Waals surface area (Å²) in [6.07, 6.45) is 12.6. The van der Waals surface area contributed by atoms with Gasteiger partial charge in [-0.2, -0.15) is 0 Å². The second-order valence-electron chi connectivity index (χ2n) is 6.62. The second kappa shape index (κ2) is 10.2. The van der Waals surface area contributed by atoms with Crippen molar-refractivity contribution in [3.63, 3.8) is 0 Å². The SMILES string of the molecule is CCCCCC(CCCC)Cc1ccc(-c2ccccn2)cc1. The average Bonchev–Trinajstić information content (AvgIpc) is 2.61. The predicted octanol–water partition coefficient (Wildman–Crippen LogP) is 6.68. The number of rotatable bonds is 10. The molecule has 1 aromatic heterocycles. The molecule has 0 aliphatic carbocycles. The molecule has 124 valence electrons. The summed E-state index contributed by atoms with van der Waals surface area (Å²) in [5, 5.41) is 0. The zero-order chi connectivity index (χ0) is 16.3. The Hall–Kier alpha value is -1.63. The van der Waals surface area contributed by atoms with Crippen LogP contribution in [0.25, 0.3) is 11.3 Å². The van der Waals surface area contributed by atoms with Gasteiger partial charge in [-0.1, -0.05) is 89.1 Å². The fourth-order valence-corrected chi connectivity index (χ4v) is 3.20. The molecular weight excluding hydrogens is 278 g/mol. The molecule has 1 unspecified atom stereocenters. The van der Waals surface area contributed by atoms with E-state index >= 15 is 0 Å². The van der Waals surface area contributed by atoms with Crippen molar-refractivity contribution in [2.45, 2.75) is 65.2 Å². The number of unbranched alkanes of at least 4 members (excludes halogenated alkanes) is 3. The van der Waals surface area contributed by atoms with E-state index in [2.05, 4.69) is 49.2 Å². The van der Waals surface area contributed by atoms with E-state index in [0.717, 1.165) is 11.6 Å². The van der Waals surface area contributed by atoms with Crippen LogP contribution in [0.1, 0.15) is 64.4 Å². The number of hydrogen-bond donors (Lipinski definition) is 0. The van der Waals surface area contributed by atoms with Crippen LogP contribution in [0.2, 0.25) is 0 Å².